The third kappa shape index (κ3) is 3.30. The number of fused-ring (bicyclic) bond motifs is 7. The summed E-state index contributed by atoms with van der Waals surface area (Å²) in [5.74, 6) is -0.331. The molecule has 5 aliphatic rings. The predicted molar refractivity (Wildman–Crippen MR) is 134 cm³/mol. The lowest BCUT2D eigenvalue weighted by atomic mass is 9.46. The van der Waals surface area contributed by atoms with Crippen LogP contribution in [-0.4, -0.2) is 56.0 Å². The molecular weight excluding hydrogens is 476 g/mol. The zero-order valence-electron chi connectivity index (χ0n) is 21.3. The molecule has 1 aromatic heterocycles. The van der Waals surface area contributed by atoms with Gasteiger partial charge in [0.2, 0.25) is 0 Å². The summed E-state index contributed by atoms with van der Waals surface area (Å²) in [5, 5.41) is 12.3. The molecule has 0 amide bonds. The minimum absolute atomic E-state index is 0.00833. The molecule has 4 aliphatic carbocycles. The second-order valence-electron chi connectivity index (χ2n) is 12.0. The largest absolute Gasteiger partial charge is 0.393 e. The minimum atomic E-state index is -1.13. The quantitative estimate of drug-likeness (QED) is 0.481. The Balaban J connectivity index is 1.36. The SMILES string of the molecule is CC1(C)O[C@@H]2CC3C4CCC5=CC(=O)C=CC5(C)C4C(O)CC3(C)[C@]2(C(=O)CSc2ncccn2)O1. The molecule has 36 heavy (non-hydrogen) atoms. The molecule has 0 radical (unpaired) electrons. The highest BCUT2D eigenvalue weighted by Crippen LogP contribution is 2.70. The van der Waals surface area contributed by atoms with E-state index in [9.17, 15) is 14.7 Å². The average Bonchev–Trinajstić information content (AvgIpc) is 3.24. The fourth-order valence-electron chi connectivity index (χ4n) is 8.52. The Kier molecular flexibility index (Phi) is 5.48. The molecule has 2 heterocycles. The Morgan fingerprint density at radius 2 is 1.97 bits per heavy atom. The van der Waals surface area contributed by atoms with E-state index >= 15 is 0 Å². The lowest BCUT2D eigenvalue weighted by molar-refractivity contribution is -0.223. The van der Waals surface area contributed by atoms with Crippen molar-refractivity contribution < 1.29 is 24.2 Å². The first kappa shape index (κ1) is 24.5. The molecule has 1 aromatic rings. The van der Waals surface area contributed by atoms with Crippen LogP contribution < -0.4 is 0 Å². The van der Waals surface area contributed by atoms with Gasteiger partial charge >= 0.3 is 0 Å². The van der Waals surface area contributed by atoms with Gasteiger partial charge in [0.05, 0.1) is 18.0 Å². The number of Topliss-reactive ketones (excluding diaryl/α,β-unsaturated/α-hetero) is 1. The van der Waals surface area contributed by atoms with Gasteiger partial charge in [-0.3, -0.25) is 9.59 Å². The standard InChI is InChI=1S/C28H34N2O5S/c1-25(2)34-22-13-19-18-7-6-16-12-17(31)8-9-26(16,3)23(18)20(32)14-27(19,4)28(22,35-25)21(33)15-36-24-29-10-5-11-30-24/h5,8-12,18-20,22-23,32H,6-7,13-15H2,1-4H3/t18?,19?,20?,22-,23?,26?,27?,28-/m1/s1. The molecule has 192 valence electrons. The van der Waals surface area contributed by atoms with Gasteiger partial charge in [0, 0.05) is 29.1 Å². The fraction of sp³-hybridized carbons (Fsp3) is 0.643. The molecule has 0 aromatic carbocycles. The van der Waals surface area contributed by atoms with Crippen molar-refractivity contribution in [1.29, 1.82) is 0 Å². The highest BCUT2D eigenvalue weighted by molar-refractivity contribution is 7.99. The number of allylic oxidation sites excluding steroid dienone is 4. The first-order valence-corrected chi connectivity index (χ1v) is 13.9. The second kappa shape index (κ2) is 8.06. The molecule has 6 unspecified atom stereocenters. The zero-order valence-corrected chi connectivity index (χ0v) is 22.1. The van der Waals surface area contributed by atoms with Gasteiger partial charge in [-0.1, -0.05) is 37.3 Å². The van der Waals surface area contributed by atoms with Gasteiger partial charge in [-0.25, -0.2) is 9.97 Å². The number of aromatic nitrogens is 2. The predicted octanol–water partition coefficient (Wildman–Crippen LogP) is 3.92. The topological polar surface area (TPSA) is 98.6 Å². The summed E-state index contributed by atoms with van der Waals surface area (Å²) in [4.78, 5) is 34.8. The summed E-state index contributed by atoms with van der Waals surface area (Å²) in [6.07, 6.45) is 10.7. The van der Waals surface area contributed by atoms with Crippen molar-refractivity contribution in [1.82, 2.24) is 9.97 Å². The van der Waals surface area contributed by atoms with E-state index in [0.717, 1.165) is 24.8 Å². The van der Waals surface area contributed by atoms with Crippen LogP contribution in [0.2, 0.25) is 0 Å². The van der Waals surface area contributed by atoms with E-state index in [2.05, 4.69) is 23.8 Å². The van der Waals surface area contributed by atoms with Gasteiger partial charge in [0.15, 0.2) is 28.1 Å². The monoisotopic (exact) mass is 510 g/mol. The highest BCUT2D eigenvalue weighted by atomic mass is 32.2. The van der Waals surface area contributed by atoms with Gasteiger partial charge in [-0.05, 0) is 69.6 Å². The van der Waals surface area contributed by atoms with E-state index in [1.807, 2.05) is 19.9 Å². The maximum absolute atomic E-state index is 14.1. The summed E-state index contributed by atoms with van der Waals surface area (Å²) in [6.45, 7) is 8.04. The summed E-state index contributed by atoms with van der Waals surface area (Å²) in [7, 11) is 0. The van der Waals surface area contributed by atoms with Crippen molar-refractivity contribution in [3.63, 3.8) is 0 Å². The van der Waals surface area contributed by atoms with Crippen LogP contribution in [0.25, 0.3) is 0 Å². The lowest BCUT2D eigenvalue weighted by Crippen LogP contribution is -2.63. The van der Waals surface area contributed by atoms with Gasteiger partial charge < -0.3 is 14.6 Å². The summed E-state index contributed by atoms with van der Waals surface area (Å²) < 4.78 is 13.1. The average molecular weight is 511 g/mol. The Bertz CT molecular complexity index is 1170. The van der Waals surface area contributed by atoms with E-state index in [1.165, 1.54) is 11.8 Å². The van der Waals surface area contributed by atoms with Crippen LogP contribution >= 0.6 is 11.8 Å². The molecule has 0 bridgehead atoms. The molecule has 6 rings (SSSR count). The van der Waals surface area contributed by atoms with Gasteiger partial charge in [-0.15, -0.1) is 0 Å². The maximum Gasteiger partial charge on any atom is 0.187 e. The van der Waals surface area contributed by atoms with Crippen LogP contribution in [0.5, 0.6) is 0 Å². The lowest BCUT2D eigenvalue weighted by Gasteiger charge is -2.60. The Morgan fingerprint density at radius 1 is 1.22 bits per heavy atom. The van der Waals surface area contributed by atoms with E-state index in [0.29, 0.717) is 11.6 Å². The van der Waals surface area contributed by atoms with E-state index < -0.39 is 22.9 Å². The van der Waals surface area contributed by atoms with Gasteiger partial charge in [0.1, 0.15) is 0 Å². The number of carbonyl (C=O) groups is 2. The molecule has 1 aliphatic heterocycles. The smallest absolute Gasteiger partial charge is 0.187 e. The third-order valence-electron chi connectivity index (χ3n) is 9.78. The van der Waals surface area contributed by atoms with E-state index in [1.54, 1.807) is 30.6 Å². The molecule has 3 saturated carbocycles. The number of carbonyl (C=O) groups excluding carboxylic acids is 2. The summed E-state index contributed by atoms with van der Waals surface area (Å²) in [6, 6.07) is 1.75. The number of thioether (sulfide) groups is 1. The number of aliphatic hydroxyl groups excluding tert-OH is 1. The summed E-state index contributed by atoms with van der Waals surface area (Å²) >= 11 is 1.32. The number of hydrogen-bond acceptors (Lipinski definition) is 8. The molecule has 8 heteroatoms. The Hall–Kier alpha value is -1.87. The van der Waals surface area contributed by atoms with E-state index in [-0.39, 0.29) is 46.6 Å². The van der Waals surface area contributed by atoms with Gasteiger partial charge in [-0.2, -0.15) is 0 Å². The normalized spacial score (nSPS) is 44.3. The van der Waals surface area contributed by atoms with Crippen LogP contribution in [0, 0.1) is 28.6 Å². The van der Waals surface area contributed by atoms with Crippen LogP contribution in [-0.2, 0) is 19.1 Å². The molecule has 4 fully saturated rings. The molecule has 0 spiro atoms. The Morgan fingerprint density at radius 3 is 2.72 bits per heavy atom. The van der Waals surface area contributed by atoms with Crippen molar-refractivity contribution in [2.75, 3.05) is 5.75 Å². The number of nitrogens with zero attached hydrogens (tertiary/aromatic N) is 2. The van der Waals surface area contributed by atoms with Crippen molar-refractivity contribution >= 4 is 23.3 Å². The molecule has 1 saturated heterocycles. The number of rotatable bonds is 4. The minimum Gasteiger partial charge on any atom is -0.393 e. The first-order valence-electron chi connectivity index (χ1n) is 12.9. The van der Waals surface area contributed by atoms with Crippen LogP contribution in [0.15, 0.2) is 47.4 Å². The molecule has 1 N–H and O–H groups in total. The van der Waals surface area contributed by atoms with Gasteiger partial charge in [0.25, 0.3) is 0 Å². The van der Waals surface area contributed by atoms with Crippen LogP contribution in [0.4, 0.5) is 0 Å². The van der Waals surface area contributed by atoms with Crippen molar-refractivity contribution in [2.24, 2.45) is 28.6 Å². The maximum atomic E-state index is 14.1. The number of ether oxygens (including phenoxy) is 2. The molecular formula is C28H34N2O5S. The Labute approximate surface area is 216 Å². The summed E-state index contributed by atoms with van der Waals surface area (Å²) in [5.41, 5.74) is -0.943. The van der Waals surface area contributed by atoms with Crippen molar-refractivity contribution in [3.8, 4) is 0 Å². The molecule has 8 atom stereocenters. The number of ketones is 2. The first-order chi connectivity index (χ1) is 17.0. The second-order valence-corrected chi connectivity index (χ2v) is 13.0. The van der Waals surface area contributed by atoms with Crippen molar-refractivity contribution in [2.45, 2.75) is 82.1 Å². The van der Waals surface area contributed by atoms with Crippen molar-refractivity contribution in [3.05, 3.63) is 42.3 Å². The fourth-order valence-corrected chi connectivity index (χ4v) is 9.26. The van der Waals surface area contributed by atoms with Crippen LogP contribution in [0.1, 0.15) is 53.4 Å². The van der Waals surface area contributed by atoms with Crippen LogP contribution in [0.3, 0.4) is 0 Å². The molecule has 7 nitrogen and oxygen atoms in total. The number of aliphatic hydroxyl groups is 1. The number of hydrogen-bond donors (Lipinski definition) is 1. The zero-order chi connectivity index (χ0) is 25.5. The third-order valence-corrected chi connectivity index (χ3v) is 10.7. The highest BCUT2D eigenvalue weighted by Gasteiger charge is 2.76. The van der Waals surface area contributed by atoms with E-state index in [4.69, 9.17) is 9.47 Å².